The molecule has 0 spiro atoms. The van der Waals surface area contributed by atoms with Gasteiger partial charge in [0.25, 0.3) is 0 Å². The Kier molecular flexibility index (Phi) is 8.88. The van der Waals surface area contributed by atoms with Crippen LogP contribution < -0.4 is 10.0 Å². The molecular formula is C26H29ClN2O5S. The van der Waals surface area contributed by atoms with Crippen molar-refractivity contribution in [1.82, 2.24) is 10.0 Å². The van der Waals surface area contributed by atoms with E-state index in [1.54, 1.807) is 6.07 Å². The lowest BCUT2D eigenvalue weighted by molar-refractivity contribution is -0.119. The minimum atomic E-state index is -3.61. The predicted octanol–water partition coefficient (Wildman–Crippen LogP) is 4.68. The number of nitrogens with one attached hydrogen (secondary N) is 2. The number of hydrogen-bond acceptors (Lipinski definition) is 4. The first kappa shape index (κ1) is 26.7. The molecule has 0 saturated heterocycles. The van der Waals surface area contributed by atoms with E-state index in [-0.39, 0.29) is 28.8 Å². The van der Waals surface area contributed by atoms with Crippen molar-refractivity contribution in [2.45, 2.75) is 43.9 Å². The summed E-state index contributed by atoms with van der Waals surface area (Å²) in [6.07, 6.45) is 1.90. The highest BCUT2D eigenvalue weighted by Gasteiger charge is 2.20. The number of sulfonamides is 1. The Labute approximate surface area is 210 Å². The molecule has 0 bridgehead atoms. The van der Waals surface area contributed by atoms with Crippen LogP contribution in [-0.2, 0) is 21.2 Å². The summed E-state index contributed by atoms with van der Waals surface area (Å²) in [5.41, 5.74) is 3.68. The Hall–Kier alpha value is -2.94. The summed E-state index contributed by atoms with van der Waals surface area (Å²) in [5.74, 6) is -1.02. The number of halogens is 1. The van der Waals surface area contributed by atoms with Gasteiger partial charge < -0.3 is 10.4 Å². The first-order chi connectivity index (χ1) is 16.6. The summed E-state index contributed by atoms with van der Waals surface area (Å²) in [5, 5.41) is 13.0. The second-order valence-electron chi connectivity index (χ2n) is 8.53. The molecule has 2 aliphatic rings. The fourth-order valence-corrected chi connectivity index (χ4v) is 5.11. The average Bonchev–Trinajstić information content (AvgIpc) is 3.00. The van der Waals surface area contributed by atoms with E-state index in [0.717, 1.165) is 16.7 Å². The van der Waals surface area contributed by atoms with E-state index in [2.05, 4.69) is 10.0 Å². The third-order valence-corrected chi connectivity index (χ3v) is 7.60. The molecule has 0 saturated carbocycles. The molecule has 3 rings (SSSR count). The number of fused-ring (bicyclic) bond motifs is 1. The van der Waals surface area contributed by atoms with E-state index in [4.69, 9.17) is 11.6 Å². The number of aromatic carboxylic acids is 1. The van der Waals surface area contributed by atoms with Crippen LogP contribution >= 0.6 is 11.6 Å². The van der Waals surface area contributed by atoms with Gasteiger partial charge in [-0.1, -0.05) is 42.8 Å². The lowest BCUT2D eigenvalue weighted by Crippen LogP contribution is -2.24. The highest BCUT2D eigenvalue weighted by atomic mass is 35.5. The van der Waals surface area contributed by atoms with Gasteiger partial charge in [0.1, 0.15) is 0 Å². The second kappa shape index (κ2) is 11.7. The zero-order valence-electron chi connectivity index (χ0n) is 19.7. The standard InChI is InChI=1S/C26H29ClN2O5S/c1-17(16-28-18(2)30)19-6-12-23-20(15-25(26(31)32)24(23)13-7-19)5-3-4-14-29-35(33,34)22-10-8-21(27)9-11-22/h6-13,15,17,29H,3-5,14,16H2,1-2H3,(H,28,30)(H,31,32). The monoisotopic (exact) mass is 516 g/mol. The highest BCUT2D eigenvalue weighted by molar-refractivity contribution is 7.89. The lowest BCUT2D eigenvalue weighted by atomic mass is 10.0. The molecule has 0 fully saturated rings. The van der Waals surface area contributed by atoms with Crippen LogP contribution in [0.4, 0.5) is 0 Å². The smallest absolute Gasteiger partial charge is 0.336 e. The molecule has 1 amide bonds. The summed E-state index contributed by atoms with van der Waals surface area (Å²) in [6.45, 7) is 4.24. The van der Waals surface area contributed by atoms with Gasteiger partial charge in [-0.15, -0.1) is 0 Å². The number of unbranched alkanes of at least 4 members (excludes halogenated alkanes) is 1. The first-order valence-corrected chi connectivity index (χ1v) is 13.2. The largest absolute Gasteiger partial charge is 0.478 e. The summed E-state index contributed by atoms with van der Waals surface area (Å²) < 4.78 is 27.4. The van der Waals surface area contributed by atoms with E-state index in [1.807, 2.05) is 31.2 Å². The van der Waals surface area contributed by atoms with Gasteiger partial charge in [0, 0.05) is 25.0 Å². The summed E-state index contributed by atoms with van der Waals surface area (Å²) >= 11 is 5.82. The van der Waals surface area contributed by atoms with Gasteiger partial charge in [0.15, 0.2) is 0 Å². The van der Waals surface area contributed by atoms with Crippen LogP contribution in [0.25, 0.3) is 11.1 Å². The van der Waals surface area contributed by atoms with Crippen LogP contribution in [0.3, 0.4) is 0 Å². The van der Waals surface area contributed by atoms with Gasteiger partial charge in [0.05, 0.1) is 10.5 Å². The second-order valence-corrected chi connectivity index (χ2v) is 10.7. The number of carboxylic acid groups (broad SMARTS) is 1. The molecule has 2 aliphatic carbocycles. The maximum Gasteiger partial charge on any atom is 0.336 e. The van der Waals surface area contributed by atoms with Crippen molar-refractivity contribution in [2.24, 2.45) is 0 Å². The molecular weight excluding hydrogens is 488 g/mol. The number of hydrogen-bond donors (Lipinski definition) is 3. The summed E-state index contributed by atoms with van der Waals surface area (Å²) in [4.78, 5) is 23.2. The Morgan fingerprint density at radius 3 is 2.29 bits per heavy atom. The SMILES string of the molecule is CC(=O)NCC(C)c1ccc2c(CCCCNS(=O)(=O)c3ccc(Cl)cc3)cc(C(=O)O)c-2cc1. The van der Waals surface area contributed by atoms with E-state index in [9.17, 15) is 23.1 Å². The van der Waals surface area contributed by atoms with Crippen LogP contribution in [0.15, 0.2) is 59.5 Å². The average molecular weight is 517 g/mol. The number of amides is 1. The number of rotatable bonds is 11. The minimum Gasteiger partial charge on any atom is -0.478 e. The van der Waals surface area contributed by atoms with E-state index < -0.39 is 16.0 Å². The number of aryl methyl sites for hydroxylation is 1. The van der Waals surface area contributed by atoms with Gasteiger partial charge in [-0.3, -0.25) is 4.79 Å². The van der Waals surface area contributed by atoms with Gasteiger partial charge in [-0.05, 0) is 77.8 Å². The van der Waals surface area contributed by atoms with Crippen molar-refractivity contribution in [3.8, 4) is 11.1 Å². The lowest BCUT2D eigenvalue weighted by Gasteiger charge is -2.10. The predicted molar refractivity (Wildman–Crippen MR) is 137 cm³/mol. The van der Waals surface area contributed by atoms with Crippen molar-refractivity contribution in [1.29, 1.82) is 0 Å². The van der Waals surface area contributed by atoms with Crippen LogP contribution in [0.1, 0.15) is 54.1 Å². The maximum absolute atomic E-state index is 12.4. The molecule has 3 N–H and O–H groups in total. The molecule has 9 heteroatoms. The third kappa shape index (κ3) is 7.04. The Balaban J connectivity index is 1.67. The number of carbonyl (C=O) groups excluding carboxylic acids is 1. The zero-order valence-corrected chi connectivity index (χ0v) is 21.2. The molecule has 35 heavy (non-hydrogen) atoms. The van der Waals surface area contributed by atoms with Crippen molar-refractivity contribution >= 4 is 33.5 Å². The molecule has 0 aliphatic heterocycles. The molecule has 186 valence electrons. The molecule has 1 aromatic rings. The third-order valence-electron chi connectivity index (χ3n) is 5.88. The van der Waals surface area contributed by atoms with Crippen molar-refractivity contribution < 1.29 is 23.1 Å². The summed E-state index contributed by atoms with van der Waals surface area (Å²) in [6, 6.07) is 15.3. The highest BCUT2D eigenvalue weighted by Crippen LogP contribution is 2.34. The molecule has 0 aromatic heterocycles. The van der Waals surface area contributed by atoms with Crippen molar-refractivity contribution in [3.05, 3.63) is 76.3 Å². The number of benzene rings is 1. The first-order valence-electron chi connectivity index (χ1n) is 11.4. The molecule has 1 atom stereocenters. The molecule has 0 radical (unpaired) electrons. The summed E-state index contributed by atoms with van der Waals surface area (Å²) in [7, 11) is -3.61. The fourth-order valence-electron chi connectivity index (χ4n) is 3.91. The Morgan fingerprint density at radius 1 is 1.00 bits per heavy atom. The Bertz CT molecular complexity index is 1280. The van der Waals surface area contributed by atoms with Crippen molar-refractivity contribution in [3.63, 3.8) is 0 Å². The van der Waals surface area contributed by atoms with Gasteiger partial charge in [-0.25, -0.2) is 17.9 Å². The van der Waals surface area contributed by atoms with Crippen molar-refractivity contribution in [2.75, 3.05) is 13.1 Å². The number of carbonyl (C=O) groups is 2. The molecule has 0 heterocycles. The van der Waals surface area contributed by atoms with Gasteiger partial charge in [-0.2, -0.15) is 0 Å². The van der Waals surface area contributed by atoms with Crippen LogP contribution in [-0.4, -0.2) is 38.5 Å². The van der Waals surface area contributed by atoms with Gasteiger partial charge in [0.2, 0.25) is 15.9 Å². The fraction of sp³-hybridized carbons (Fsp3) is 0.308. The zero-order chi connectivity index (χ0) is 25.6. The minimum absolute atomic E-state index is 0.0702. The molecule has 7 nitrogen and oxygen atoms in total. The molecule has 1 aromatic carbocycles. The van der Waals surface area contributed by atoms with E-state index >= 15 is 0 Å². The topological polar surface area (TPSA) is 113 Å². The maximum atomic E-state index is 12.4. The Morgan fingerprint density at radius 2 is 1.66 bits per heavy atom. The van der Waals surface area contributed by atoms with E-state index in [1.165, 1.54) is 31.2 Å². The van der Waals surface area contributed by atoms with E-state index in [0.29, 0.717) is 36.4 Å². The van der Waals surface area contributed by atoms with Crippen LogP contribution in [0.2, 0.25) is 5.02 Å². The quantitative estimate of drug-likeness (QED) is 0.320. The van der Waals surface area contributed by atoms with Gasteiger partial charge >= 0.3 is 5.97 Å². The normalized spacial score (nSPS) is 12.4. The molecule has 1 unspecified atom stereocenters. The van der Waals surface area contributed by atoms with Crippen LogP contribution in [0, 0.1) is 0 Å². The van der Waals surface area contributed by atoms with Crippen LogP contribution in [0.5, 0.6) is 0 Å². The number of carboxylic acids is 1.